The number of ether oxygens (including phenoxy) is 2. The first-order chi connectivity index (χ1) is 5.07. The van der Waals surface area contributed by atoms with Crippen molar-refractivity contribution in [1.29, 1.82) is 0 Å². The van der Waals surface area contributed by atoms with Crippen molar-refractivity contribution in [2.75, 3.05) is 13.7 Å². The summed E-state index contributed by atoms with van der Waals surface area (Å²) in [5.74, 6) is -0.673. The second kappa shape index (κ2) is 5.03. The highest BCUT2D eigenvalue weighted by atomic mass is 16.6. The van der Waals surface area contributed by atoms with Gasteiger partial charge in [-0.05, 0) is 0 Å². The molecular formula is C5H13N3O3. The van der Waals surface area contributed by atoms with Crippen LogP contribution in [0, 0.1) is 0 Å². The molecule has 11 heavy (non-hydrogen) atoms. The molecule has 0 fully saturated rings. The van der Waals surface area contributed by atoms with Crippen LogP contribution in [0.25, 0.3) is 0 Å². The number of carbonyl (C=O) groups is 1. The van der Waals surface area contributed by atoms with E-state index in [0.717, 1.165) is 0 Å². The third-order valence-electron chi connectivity index (χ3n) is 0.904. The second-order valence-corrected chi connectivity index (χ2v) is 1.95. The van der Waals surface area contributed by atoms with Crippen LogP contribution >= 0.6 is 0 Å². The zero-order valence-corrected chi connectivity index (χ0v) is 6.32. The van der Waals surface area contributed by atoms with E-state index in [2.05, 4.69) is 9.47 Å². The first-order valence-electron chi connectivity index (χ1n) is 3.04. The molecule has 0 heterocycles. The fourth-order valence-corrected chi connectivity index (χ4v) is 0.357. The molecule has 66 valence electrons. The third-order valence-corrected chi connectivity index (χ3v) is 0.904. The van der Waals surface area contributed by atoms with E-state index in [1.54, 1.807) is 0 Å². The summed E-state index contributed by atoms with van der Waals surface area (Å²) in [7, 11) is 1.30. The van der Waals surface area contributed by atoms with Crippen molar-refractivity contribution in [3.63, 3.8) is 0 Å². The zero-order valence-electron chi connectivity index (χ0n) is 6.32. The second-order valence-electron chi connectivity index (χ2n) is 1.95. The lowest BCUT2D eigenvalue weighted by Crippen LogP contribution is -2.40. The lowest BCUT2D eigenvalue weighted by atomic mass is 10.5. The van der Waals surface area contributed by atoms with Crippen molar-refractivity contribution in [3.05, 3.63) is 0 Å². The van der Waals surface area contributed by atoms with Gasteiger partial charge in [0.15, 0.2) is 0 Å². The van der Waals surface area contributed by atoms with Gasteiger partial charge in [0.1, 0.15) is 6.61 Å². The lowest BCUT2D eigenvalue weighted by Gasteiger charge is -2.10. The highest BCUT2D eigenvalue weighted by Gasteiger charge is 2.13. The molecule has 1 unspecified atom stereocenters. The minimum absolute atomic E-state index is 0.0596. The minimum Gasteiger partial charge on any atom is -0.460 e. The highest BCUT2D eigenvalue weighted by molar-refractivity contribution is 5.73. The van der Waals surface area contributed by atoms with Crippen LogP contribution < -0.4 is 17.2 Å². The average Bonchev–Trinajstić information content (AvgIpc) is 1.98. The number of rotatable bonds is 4. The molecule has 0 saturated heterocycles. The first-order valence-corrected chi connectivity index (χ1v) is 3.04. The number of nitrogens with two attached hydrogens (primary N) is 3. The number of hydrogen-bond acceptors (Lipinski definition) is 6. The van der Waals surface area contributed by atoms with Crippen molar-refractivity contribution in [1.82, 2.24) is 0 Å². The van der Waals surface area contributed by atoms with Crippen molar-refractivity contribution >= 4 is 5.97 Å². The number of carbonyl (C=O) groups excluding carboxylic acids is 1. The summed E-state index contributed by atoms with van der Waals surface area (Å²) in [6, 6.07) is 0. The Balaban J connectivity index is 3.52. The summed E-state index contributed by atoms with van der Waals surface area (Å²) in [6.45, 7) is -0.0596. The van der Waals surface area contributed by atoms with Crippen LogP contribution in [0.1, 0.15) is 0 Å². The van der Waals surface area contributed by atoms with Crippen LogP contribution in [-0.4, -0.2) is 32.1 Å². The molecule has 6 N–H and O–H groups in total. The fraction of sp³-hybridized carbons (Fsp3) is 0.800. The molecule has 0 aliphatic rings. The van der Waals surface area contributed by atoms with Crippen molar-refractivity contribution < 1.29 is 14.3 Å². The maximum absolute atomic E-state index is 10.7. The van der Waals surface area contributed by atoms with Gasteiger partial charge in [0.25, 0.3) is 0 Å². The van der Waals surface area contributed by atoms with E-state index < -0.39 is 18.4 Å². The highest BCUT2D eigenvalue weighted by Crippen LogP contribution is 1.85. The Labute approximate surface area is 64.6 Å². The molecule has 0 aromatic heterocycles. The molecular weight excluding hydrogens is 150 g/mol. The van der Waals surface area contributed by atoms with Gasteiger partial charge in [-0.15, -0.1) is 0 Å². The molecule has 0 rings (SSSR count). The lowest BCUT2D eigenvalue weighted by molar-refractivity contribution is -0.155. The van der Waals surface area contributed by atoms with Crippen molar-refractivity contribution in [3.8, 4) is 0 Å². The summed E-state index contributed by atoms with van der Waals surface area (Å²) >= 11 is 0. The normalized spacial score (nSPS) is 13.2. The molecule has 0 aliphatic carbocycles. The van der Waals surface area contributed by atoms with E-state index >= 15 is 0 Å². The van der Waals surface area contributed by atoms with Gasteiger partial charge < -0.3 is 20.9 Å². The van der Waals surface area contributed by atoms with Crippen molar-refractivity contribution in [2.24, 2.45) is 17.2 Å². The summed E-state index contributed by atoms with van der Waals surface area (Å²) in [5.41, 5.74) is 15.3. The van der Waals surface area contributed by atoms with Gasteiger partial charge in [-0.3, -0.25) is 5.73 Å². The Hall–Kier alpha value is -0.690. The predicted molar refractivity (Wildman–Crippen MR) is 38.1 cm³/mol. The van der Waals surface area contributed by atoms with E-state index in [9.17, 15) is 4.79 Å². The molecule has 0 aromatic rings. The number of esters is 1. The molecule has 0 radical (unpaired) electrons. The van der Waals surface area contributed by atoms with Gasteiger partial charge in [-0.2, -0.15) is 0 Å². The van der Waals surface area contributed by atoms with Crippen LogP contribution in [0.3, 0.4) is 0 Å². The van der Waals surface area contributed by atoms with Gasteiger partial charge in [0.05, 0.1) is 6.17 Å². The van der Waals surface area contributed by atoms with Gasteiger partial charge in [0, 0.05) is 7.11 Å². The largest absolute Gasteiger partial charge is 0.460 e. The molecule has 0 bridgehead atoms. The summed E-state index contributed by atoms with van der Waals surface area (Å²) in [5, 5.41) is 0. The Morgan fingerprint density at radius 1 is 1.45 bits per heavy atom. The topological polar surface area (TPSA) is 114 Å². The standard InChI is InChI=1S/C5H13N3O3/c1-10-4(8)5(9)11-2-3(6)7/h3-4H,2,6-8H2,1H3. The molecule has 0 aliphatic heterocycles. The minimum atomic E-state index is -1.06. The smallest absolute Gasteiger partial charge is 0.350 e. The fourth-order valence-electron chi connectivity index (χ4n) is 0.357. The summed E-state index contributed by atoms with van der Waals surface area (Å²) < 4.78 is 8.98. The Morgan fingerprint density at radius 3 is 2.36 bits per heavy atom. The van der Waals surface area contributed by atoms with E-state index in [-0.39, 0.29) is 6.61 Å². The maximum Gasteiger partial charge on any atom is 0.350 e. The van der Waals surface area contributed by atoms with E-state index in [0.29, 0.717) is 0 Å². The van der Waals surface area contributed by atoms with Gasteiger partial charge in [0.2, 0.25) is 6.23 Å². The van der Waals surface area contributed by atoms with Crippen LogP contribution in [-0.2, 0) is 14.3 Å². The molecule has 6 heteroatoms. The summed E-state index contributed by atoms with van der Waals surface area (Å²) in [6.07, 6.45) is -1.74. The Morgan fingerprint density at radius 2 is 2.00 bits per heavy atom. The molecule has 0 amide bonds. The Kier molecular flexibility index (Phi) is 4.71. The quantitative estimate of drug-likeness (QED) is 0.317. The van der Waals surface area contributed by atoms with Gasteiger partial charge in [-0.1, -0.05) is 0 Å². The molecule has 1 atom stereocenters. The number of hydrogen-bond donors (Lipinski definition) is 3. The van der Waals surface area contributed by atoms with Crippen molar-refractivity contribution in [2.45, 2.75) is 12.4 Å². The Bertz CT molecular complexity index is 128. The van der Waals surface area contributed by atoms with E-state index in [1.165, 1.54) is 7.11 Å². The first kappa shape index (κ1) is 10.3. The molecule has 0 spiro atoms. The molecule has 6 nitrogen and oxygen atoms in total. The van der Waals surface area contributed by atoms with Crippen LogP contribution in [0.15, 0.2) is 0 Å². The molecule has 0 aromatic carbocycles. The SMILES string of the molecule is COC(N)C(=O)OCC(N)N. The monoisotopic (exact) mass is 163 g/mol. The third kappa shape index (κ3) is 4.68. The van der Waals surface area contributed by atoms with Gasteiger partial charge in [-0.25, -0.2) is 4.79 Å². The molecule has 0 saturated carbocycles. The van der Waals surface area contributed by atoms with E-state index in [1.807, 2.05) is 0 Å². The van der Waals surface area contributed by atoms with E-state index in [4.69, 9.17) is 17.2 Å². The predicted octanol–water partition coefficient (Wildman–Crippen LogP) is -2.30. The van der Waals surface area contributed by atoms with Crippen LogP contribution in [0.4, 0.5) is 0 Å². The zero-order chi connectivity index (χ0) is 8.85. The van der Waals surface area contributed by atoms with Crippen LogP contribution in [0.2, 0.25) is 0 Å². The maximum atomic E-state index is 10.7. The number of methoxy groups -OCH3 is 1. The van der Waals surface area contributed by atoms with Crippen LogP contribution in [0.5, 0.6) is 0 Å². The summed E-state index contributed by atoms with van der Waals surface area (Å²) in [4.78, 5) is 10.7. The van der Waals surface area contributed by atoms with Gasteiger partial charge >= 0.3 is 5.97 Å². The average molecular weight is 163 g/mol.